The second kappa shape index (κ2) is 7.49. The van der Waals surface area contributed by atoms with Gasteiger partial charge in [0, 0.05) is 18.1 Å². The molecule has 0 aromatic heterocycles. The standard InChI is InChI=1S/C15H24O2.C2H6N2O/c1-14(2,3)11-8-10(17-7)9-12(13(11)16)15(4,5)6;1-2(5)4-3/h8-9,16H,1-7H3;3H2,1H3,(H,4,5). The van der Waals surface area contributed by atoms with Crippen molar-refractivity contribution >= 4 is 5.91 Å². The average Bonchev–Trinajstić information content (AvgIpc) is 2.36. The second-order valence-electron chi connectivity index (χ2n) is 7.27. The predicted octanol–water partition coefficient (Wildman–Crippen LogP) is 2.99. The van der Waals surface area contributed by atoms with Gasteiger partial charge in [0.2, 0.25) is 5.91 Å². The van der Waals surface area contributed by atoms with Crippen LogP contribution in [0.5, 0.6) is 11.5 Å². The molecule has 0 unspecified atom stereocenters. The maximum Gasteiger partial charge on any atom is 0.230 e. The van der Waals surface area contributed by atoms with Crippen LogP contribution in [0.2, 0.25) is 0 Å². The Morgan fingerprint density at radius 1 is 1.09 bits per heavy atom. The van der Waals surface area contributed by atoms with Gasteiger partial charge in [0.25, 0.3) is 0 Å². The molecular formula is C17H30N2O3. The van der Waals surface area contributed by atoms with Gasteiger partial charge in [0.05, 0.1) is 7.11 Å². The normalized spacial score (nSPS) is 11.3. The number of methoxy groups -OCH3 is 1. The summed E-state index contributed by atoms with van der Waals surface area (Å²) in [6, 6.07) is 3.84. The van der Waals surface area contributed by atoms with E-state index in [1.165, 1.54) is 6.92 Å². The van der Waals surface area contributed by atoms with Gasteiger partial charge in [-0.3, -0.25) is 10.2 Å². The summed E-state index contributed by atoms with van der Waals surface area (Å²) in [5.74, 6) is 5.55. The van der Waals surface area contributed by atoms with Crippen LogP contribution in [-0.4, -0.2) is 18.1 Å². The summed E-state index contributed by atoms with van der Waals surface area (Å²) in [4.78, 5) is 9.58. The third-order valence-electron chi connectivity index (χ3n) is 3.14. The van der Waals surface area contributed by atoms with E-state index < -0.39 is 0 Å². The van der Waals surface area contributed by atoms with Gasteiger partial charge < -0.3 is 9.84 Å². The quantitative estimate of drug-likeness (QED) is 0.423. The number of hydrogen-bond acceptors (Lipinski definition) is 4. The number of carbonyl (C=O) groups is 1. The third-order valence-corrected chi connectivity index (χ3v) is 3.14. The summed E-state index contributed by atoms with van der Waals surface area (Å²) < 4.78 is 5.33. The van der Waals surface area contributed by atoms with Crippen molar-refractivity contribution in [3.8, 4) is 11.5 Å². The lowest BCUT2D eigenvalue weighted by atomic mass is 9.79. The van der Waals surface area contributed by atoms with Crippen LogP contribution < -0.4 is 16.0 Å². The fourth-order valence-electron chi connectivity index (χ4n) is 1.87. The first kappa shape index (κ1) is 20.2. The van der Waals surface area contributed by atoms with Crippen molar-refractivity contribution in [2.24, 2.45) is 5.84 Å². The number of amides is 1. The van der Waals surface area contributed by atoms with Gasteiger partial charge in [-0.05, 0) is 23.0 Å². The van der Waals surface area contributed by atoms with Crippen LogP contribution in [0, 0.1) is 0 Å². The Bertz CT molecular complexity index is 477. The molecule has 0 bridgehead atoms. The minimum absolute atomic E-state index is 0.0986. The molecular weight excluding hydrogens is 280 g/mol. The number of carbonyl (C=O) groups excluding carboxylic acids is 1. The van der Waals surface area contributed by atoms with E-state index in [2.05, 4.69) is 47.4 Å². The summed E-state index contributed by atoms with van der Waals surface area (Å²) >= 11 is 0. The van der Waals surface area contributed by atoms with Crippen molar-refractivity contribution in [3.63, 3.8) is 0 Å². The number of phenols is 1. The topological polar surface area (TPSA) is 84.6 Å². The van der Waals surface area contributed by atoms with Gasteiger partial charge in [-0.15, -0.1) is 0 Å². The van der Waals surface area contributed by atoms with Crippen molar-refractivity contribution in [1.29, 1.82) is 0 Å². The molecule has 5 heteroatoms. The zero-order chi connectivity index (χ0) is 17.7. The van der Waals surface area contributed by atoms with Crippen LogP contribution in [0.1, 0.15) is 59.6 Å². The molecule has 0 aliphatic rings. The molecule has 0 aliphatic heterocycles. The molecule has 4 N–H and O–H groups in total. The number of aromatic hydroxyl groups is 1. The summed E-state index contributed by atoms with van der Waals surface area (Å²) in [5.41, 5.74) is 3.56. The smallest absolute Gasteiger partial charge is 0.230 e. The van der Waals surface area contributed by atoms with Crippen molar-refractivity contribution < 1.29 is 14.6 Å². The van der Waals surface area contributed by atoms with E-state index in [1.807, 2.05) is 17.6 Å². The molecule has 0 fully saturated rings. The van der Waals surface area contributed by atoms with E-state index in [0.29, 0.717) is 5.75 Å². The number of phenolic OH excluding ortho intramolecular Hbond substituents is 1. The molecule has 1 rings (SSSR count). The first-order valence-electron chi connectivity index (χ1n) is 7.23. The van der Waals surface area contributed by atoms with Gasteiger partial charge in [-0.25, -0.2) is 5.84 Å². The van der Waals surface area contributed by atoms with E-state index in [0.717, 1.165) is 16.9 Å². The van der Waals surface area contributed by atoms with Crippen molar-refractivity contribution in [2.75, 3.05) is 7.11 Å². The fraction of sp³-hybridized carbons (Fsp3) is 0.588. The molecule has 0 radical (unpaired) electrons. The lowest BCUT2D eigenvalue weighted by molar-refractivity contribution is -0.119. The Labute approximate surface area is 133 Å². The van der Waals surface area contributed by atoms with E-state index in [9.17, 15) is 9.90 Å². The molecule has 0 atom stereocenters. The molecule has 1 aromatic carbocycles. The van der Waals surface area contributed by atoms with Crippen LogP contribution in [0.15, 0.2) is 12.1 Å². The van der Waals surface area contributed by atoms with Crippen LogP contribution in [0.4, 0.5) is 0 Å². The van der Waals surface area contributed by atoms with E-state index in [1.54, 1.807) is 7.11 Å². The highest BCUT2D eigenvalue weighted by Crippen LogP contribution is 2.41. The molecule has 0 saturated carbocycles. The van der Waals surface area contributed by atoms with Crippen LogP contribution in [0.3, 0.4) is 0 Å². The lowest BCUT2D eigenvalue weighted by Gasteiger charge is -2.27. The van der Waals surface area contributed by atoms with Gasteiger partial charge >= 0.3 is 0 Å². The molecule has 22 heavy (non-hydrogen) atoms. The average molecular weight is 310 g/mol. The monoisotopic (exact) mass is 310 g/mol. The Kier molecular flexibility index (Phi) is 6.90. The van der Waals surface area contributed by atoms with E-state index in [4.69, 9.17) is 4.74 Å². The number of hydrazine groups is 1. The lowest BCUT2D eigenvalue weighted by Crippen LogP contribution is -2.26. The summed E-state index contributed by atoms with van der Waals surface area (Å²) in [7, 11) is 1.66. The number of hydrogen-bond donors (Lipinski definition) is 3. The summed E-state index contributed by atoms with van der Waals surface area (Å²) in [6.07, 6.45) is 0. The minimum Gasteiger partial charge on any atom is -0.507 e. The van der Waals surface area contributed by atoms with Crippen LogP contribution in [-0.2, 0) is 15.6 Å². The molecule has 5 nitrogen and oxygen atoms in total. The highest BCUT2D eigenvalue weighted by atomic mass is 16.5. The van der Waals surface area contributed by atoms with Crippen molar-refractivity contribution in [1.82, 2.24) is 5.43 Å². The van der Waals surface area contributed by atoms with Crippen LogP contribution in [0.25, 0.3) is 0 Å². The molecule has 0 aliphatic carbocycles. The molecule has 0 heterocycles. The predicted molar refractivity (Wildman–Crippen MR) is 90.1 cm³/mol. The zero-order valence-corrected chi connectivity index (χ0v) is 15.0. The number of nitrogens with two attached hydrogens (primary N) is 1. The van der Waals surface area contributed by atoms with Gasteiger partial charge in [-0.2, -0.15) is 0 Å². The molecule has 0 saturated heterocycles. The molecule has 126 valence electrons. The first-order valence-corrected chi connectivity index (χ1v) is 7.23. The zero-order valence-electron chi connectivity index (χ0n) is 15.0. The molecule has 1 amide bonds. The van der Waals surface area contributed by atoms with Crippen molar-refractivity contribution in [2.45, 2.75) is 59.3 Å². The van der Waals surface area contributed by atoms with Gasteiger partial charge in [-0.1, -0.05) is 41.5 Å². The maximum atomic E-state index is 10.4. The number of ether oxygens (including phenoxy) is 1. The maximum absolute atomic E-state index is 10.4. The number of rotatable bonds is 1. The fourth-order valence-corrected chi connectivity index (χ4v) is 1.87. The van der Waals surface area contributed by atoms with Gasteiger partial charge in [0.1, 0.15) is 11.5 Å². The Balaban J connectivity index is 0.000000763. The second-order valence-corrected chi connectivity index (χ2v) is 7.27. The largest absolute Gasteiger partial charge is 0.507 e. The Morgan fingerprint density at radius 2 is 1.41 bits per heavy atom. The third kappa shape index (κ3) is 5.93. The van der Waals surface area contributed by atoms with E-state index >= 15 is 0 Å². The van der Waals surface area contributed by atoms with Crippen molar-refractivity contribution in [3.05, 3.63) is 23.3 Å². The number of benzene rings is 1. The highest BCUT2D eigenvalue weighted by molar-refractivity contribution is 5.71. The van der Waals surface area contributed by atoms with Crippen LogP contribution >= 0.6 is 0 Å². The van der Waals surface area contributed by atoms with E-state index in [-0.39, 0.29) is 16.7 Å². The highest BCUT2D eigenvalue weighted by Gasteiger charge is 2.26. The van der Waals surface area contributed by atoms with Gasteiger partial charge in [0.15, 0.2) is 0 Å². The summed E-state index contributed by atoms with van der Waals surface area (Å²) in [6.45, 7) is 13.9. The Hall–Kier alpha value is -1.75. The summed E-state index contributed by atoms with van der Waals surface area (Å²) in [5, 5.41) is 10.4. The first-order chi connectivity index (χ1) is 9.84. The molecule has 0 spiro atoms. The Morgan fingerprint density at radius 3 is 1.59 bits per heavy atom. The SMILES string of the molecule is CC(=O)NN.COc1cc(C(C)(C)C)c(O)c(C(C)(C)C)c1. The minimum atomic E-state index is -0.218. The molecule has 1 aromatic rings. The number of nitrogens with one attached hydrogen (secondary N) is 1.